The van der Waals surface area contributed by atoms with Crippen molar-refractivity contribution in [1.29, 1.82) is 0 Å². The van der Waals surface area contributed by atoms with Crippen LogP contribution in [-0.4, -0.2) is 30.8 Å². The van der Waals surface area contributed by atoms with Gasteiger partial charge in [0, 0.05) is 0 Å². The summed E-state index contributed by atoms with van der Waals surface area (Å²) >= 11 is 0. The molecule has 0 saturated carbocycles. The number of rotatable bonds is 6. The number of hydrogen-bond donors (Lipinski definition) is 2. The summed E-state index contributed by atoms with van der Waals surface area (Å²) < 4.78 is 5.05. The molecule has 0 amide bonds. The summed E-state index contributed by atoms with van der Waals surface area (Å²) in [7, 11) is 1.63. The monoisotopic (exact) mass is 223 g/mol. The second kappa shape index (κ2) is 6.12. The Balaban J connectivity index is 2.34. The molecule has 0 fully saturated rings. The second-order valence-electron chi connectivity index (χ2n) is 3.61. The fourth-order valence-corrected chi connectivity index (χ4v) is 1.31. The van der Waals surface area contributed by atoms with E-state index in [1.807, 2.05) is 24.3 Å². The molecule has 0 aliphatic rings. The van der Waals surface area contributed by atoms with Crippen LogP contribution in [0.1, 0.15) is 12.5 Å². The zero-order chi connectivity index (χ0) is 12.0. The van der Waals surface area contributed by atoms with Crippen LogP contribution in [-0.2, 0) is 11.2 Å². The molecule has 4 nitrogen and oxygen atoms in total. The Hall–Kier alpha value is -1.55. The van der Waals surface area contributed by atoms with E-state index in [1.54, 1.807) is 14.0 Å². The van der Waals surface area contributed by atoms with Gasteiger partial charge in [0.15, 0.2) is 0 Å². The Morgan fingerprint density at radius 1 is 1.44 bits per heavy atom. The van der Waals surface area contributed by atoms with E-state index >= 15 is 0 Å². The summed E-state index contributed by atoms with van der Waals surface area (Å²) in [6.07, 6.45) is 0.807. The van der Waals surface area contributed by atoms with Gasteiger partial charge >= 0.3 is 5.97 Å². The van der Waals surface area contributed by atoms with Crippen LogP contribution in [0.3, 0.4) is 0 Å². The number of nitrogens with one attached hydrogen (secondary N) is 1. The highest BCUT2D eigenvalue weighted by molar-refractivity contribution is 5.72. The standard InChI is InChI=1S/C12H17NO3/c1-9(12(14)15)13-8-7-10-3-5-11(16-2)6-4-10/h3-6,9,13H,7-8H2,1-2H3,(H,14,15)/t9-/m0/s1. The van der Waals surface area contributed by atoms with Crippen LogP contribution in [0, 0.1) is 0 Å². The van der Waals surface area contributed by atoms with Gasteiger partial charge in [-0.25, -0.2) is 0 Å². The Morgan fingerprint density at radius 3 is 2.56 bits per heavy atom. The summed E-state index contributed by atoms with van der Waals surface area (Å²) in [6.45, 7) is 2.29. The van der Waals surface area contributed by atoms with E-state index in [0.29, 0.717) is 6.54 Å². The fourth-order valence-electron chi connectivity index (χ4n) is 1.31. The molecule has 0 heterocycles. The van der Waals surface area contributed by atoms with Crippen LogP contribution in [0.25, 0.3) is 0 Å². The summed E-state index contributed by atoms with van der Waals surface area (Å²) in [4.78, 5) is 10.5. The molecule has 1 aromatic carbocycles. The second-order valence-corrected chi connectivity index (χ2v) is 3.61. The molecule has 16 heavy (non-hydrogen) atoms. The number of carbonyl (C=O) groups is 1. The lowest BCUT2D eigenvalue weighted by Crippen LogP contribution is -2.34. The topological polar surface area (TPSA) is 58.6 Å². The van der Waals surface area contributed by atoms with Gasteiger partial charge < -0.3 is 15.2 Å². The molecule has 0 aliphatic carbocycles. The van der Waals surface area contributed by atoms with Crippen molar-refractivity contribution in [3.8, 4) is 5.75 Å². The quantitative estimate of drug-likeness (QED) is 0.763. The highest BCUT2D eigenvalue weighted by atomic mass is 16.5. The summed E-state index contributed by atoms with van der Waals surface area (Å²) in [6, 6.07) is 7.25. The molecule has 1 rings (SSSR count). The predicted molar refractivity (Wildman–Crippen MR) is 61.8 cm³/mol. The van der Waals surface area contributed by atoms with Crippen LogP contribution in [0.15, 0.2) is 24.3 Å². The summed E-state index contributed by atoms with van der Waals surface area (Å²) in [5.74, 6) is 0.00495. The smallest absolute Gasteiger partial charge is 0.320 e. The summed E-state index contributed by atoms with van der Waals surface area (Å²) in [5.41, 5.74) is 1.16. The van der Waals surface area contributed by atoms with Crippen molar-refractivity contribution in [2.75, 3.05) is 13.7 Å². The molecule has 1 aromatic rings. The minimum Gasteiger partial charge on any atom is -0.497 e. The zero-order valence-corrected chi connectivity index (χ0v) is 9.56. The normalized spacial score (nSPS) is 12.1. The zero-order valence-electron chi connectivity index (χ0n) is 9.56. The molecule has 0 spiro atoms. The average Bonchev–Trinajstić information content (AvgIpc) is 2.29. The van der Waals surface area contributed by atoms with E-state index in [4.69, 9.17) is 9.84 Å². The first-order chi connectivity index (χ1) is 7.63. The largest absolute Gasteiger partial charge is 0.497 e. The molecule has 0 aliphatic heterocycles. The van der Waals surface area contributed by atoms with E-state index in [2.05, 4.69) is 5.32 Å². The molecule has 0 radical (unpaired) electrons. The minimum absolute atomic E-state index is 0.502. The molecule has 1 atom stereocenters. The van der Waals surface area contributed by atoms with Gasteiger partial charge in [-0.15, -0.1) is 0 Å². The number of hydrogen-bond acceptors (Lipinski definition) is 3. The van der Waals surface area contributed by atoms with Gasteiger partial charge in [-0.3, -0.25) is 4.79 Å². The van der Waals surface area contributed by atoms with Gasteiger partial charge in [0.2, 0.25) is 0 Å². The van der Waals surface area contributed by atoms with Gasteiger partial charge in [0.1, 0.15) is 11.8 Å². The molecule has 0 aromatic heterocycles. The number of benzene rings is 1. The SMILES string of the molecule is COc1ccc(CCN[C@@H](C)C(=O)O)cc1. The third-order valence-corrected chi connectivity index (χ3v) is 2.39. The molecule has 2 N–H and O–H groups in total. The van der Waals surface area contributed by atoms with Crippen LogP contribution < -0.4 is 10.1 Å². The van der Waals surface area contributed by atoms with Crippen LogP contribution in [0.4, 0.5) is 0 Å². The van der Waals surface area contributed by atoms with E-state index in [9.17, 15) is 4.79 Å². The first-order valence-corrected chi connectivity index (χ1v) is 5.22. The van der Waals surface area contributed by atoms with Gasteiger partial charge in [-0.05, 0) is 37.6 Å². The molecule has 0 bridgehead atoms. The highest BCUT2D eigenvalue weighted by Gasteiger charge is 2.08. The Morgan fingerprint density at radius 2 is 2.06 bits per heavy atom. The van der Waals surface area contributed by atoms with Crippen molar-refractivity contribution in [1.82, 2.24) is 5.32 Å². The average molecular weight is 223 g/mol. The first kappa shape index (κ1) is 12.5. The molecule has 4 heteroatoms. The van der Waals surface area contributed by atoms with Crippen molar-refractivity contribution in [2.45, 2.75) is 19.4 Å². The maximum atomic E-state index is 10.5. The van der Waals surface area contributed by atoms with Crippen molar-refractivity contribution in [3.05, 3.63) is 29.8 Å². The van der Waals surface area contributed by atoms with Gasteiger partial charge in [0.25, 0.3) is 0 Å². The van der Waals surface area contributed by atoms with E-state index < -0.39 is 12.0 Å². The maximum absolute atomic E-state index is 10.5. The van der Waals surface area contributed by atoms with Crippen molar-refractivity contribution >= 4 is 5.97 Å². The first-order valence-electron chi connectivity index (χ1n) is 5.22. The molecular weight excluding hydrogens is 206 g/mol. The van der Waals surface area contributed by atoms with Gasteiger partial charge in [-0.2, -0.15) is 0 Å². The third-order valence-electron chi connectivity index (χ3n) is 2.39. The molecule has 88 valence electrons. The van der Waals surface area contributed by atoms with Crippen LogP contribution >= 0.6 is 0 Å². The van der Waals surface area contributed by atoms with Crippen molar-refractivity contribution in [2.24, 2.45) is 0 Å². The van der Waals surface area contributed by atoms with Crippen LogP contribution in [0.2, 0.25) is 0 Å². The van der Waals surface area contributed by atoms with E-state index in [-0.39, 0.29) is 0 Å². The lowest BCUT2D eigenvalue weighted by Gasteiger charge is -2.09. The Kier molecular flexibility index (Phi) is 4.79. The number of carboxylic acid groups (broad SMARTS) is 1. The molecule has 0 saturated heterocycles. The molecular formula is C12H17NO3. The number of aliphatic carboxylic acids is 1. The highest BCUT2D eigenvalue weighted by Crippen LogP contribution is 2.11. The Bertz CT molecular complexity index is 335. The fraction of sp³-hybridized carbons (Fsp3) is 0.417. The number of ether oxygens (including phenoxy) is 1. The molecule has 0 unspecified atom stereocenters. The number of methoxy groups -OCH3 is 1. The predicted octanol–water partition coefficient (Wildman–Crippen LogP) is 1.30. The summed E-state index contributed by atoms with van der Waals surface area (Å²) in [5, 5.41) is 11.6. The van der Waals surface area contributed by atoms with E-state index in [1.165, 1.54) is 0 Å². The maximum Gasteiger partial charge on any atom is 0.320 e. The van der Waals surface area contributed by atoms with E-state index in [0.717, 1.165) is 17.7 Å². The number of carboxylic acids is 1. The third kappa shape index (κ3) is 3.90. The lowest BCUT2D eigenvalue weighted by atomic mass is 10.1. The van der Waals surface area contributed by atoms with Gasteiger partial charge in [0.05, 0.1) is 7.11 Å². The Labute approximate surface area is 95.2 Å². The van der Waals surface area contributed by atoms with Crippen LogP contribution in [0.5, 0.6) is 5.75 Å². The lowest BCUT2D eigenvalue weighted by molar-refractivity contribution is -0.138. The minimum atomic E-state index is -0.824. The van der Waals surface area contributed by atoms with Gasteiger partial charge in [-0.1, -0.05) is 12.1 Å². The van der Waals surface area contributed by atoms with Crippen molar-refractivity contribution in [3.63, 3.8) is 0 Å². The van der Waals surface area contributed by atoms with Crippen molar-refractivity contribution < 1.29 is 14.6 Å².